The van der Waals surface area contributed by atoms with E-state index < -0.39 is 5.41 Å². The van der Waals surface area contributed by atoms with Gasteiger partial charge in [0.2, 0.25) is 0 Å². The third-order valence-electron chi connectivity index (χ3n) is 1.98. The number of benzene rings is 1. The van der Waals surface area contributed by atoms with Gasteiger partial charge in [0.25, 0.3) is 0 Å². The Kier molecular flexibility index (Phi) is 2.96. The van der Waals surface area contributed by atoms with E-state index in [1.54, 1.807) is 12.1 Å². The number of Topliss-reactive ketones (excluding diaryl/α,β-unsaturated/α-hetero) is 1. The van der Waals surface area contributed by atoms with E-state index in [0.717, 1.165) is 5.30 Å². The summed E-state index contributed by atoms with van der Waals surface area (Å²) in [6, 6.07) is 5.05. The molecule has 1 N–H and O–H groups in total. The van der Waals surface area contributed by atoms with Crippen LogP contribution in [0.3, 0.4) is 0 Å². The van der Waals surface area contributed by atoms with Gasteiger partial charge >= 0.3 is 0 Å². The summed E-state index contributed by atoms with van der Waals surface area (Å²) in [5.41, 5.74) is -0.0607. The summed E-state index contributed by atoms with van der Waals surface area (Å²) < 4.78 is 0. The van der Waals surface area contributed by atoms with Crippen molar-refractivity contribution >= 4 is 20.3 Å². The normalized spacial score (nSPS) is 11.4. The van der Waals surface area contributed by atoms with Gasteiger partial charge in [-0.15, -0.1) is 9.24 Å². The molecule has 0 spiro atoms. The highest BCUT2D eigenvalue weighted by Crippen LogP contribution is 2.26. The molecule has 14 heavy (non-hydrogen) atoms. The smallest absolute Gasteiger partial charge is 0.172 e. The van der Waals surface area contributed by atoms with Crippen LogP contribution in [0.25, 0.3) is 0 Å². The maximum absolute atomic E-state index is 11.9. The maximum Gasteiger partial charge on any atom is 0.172 e. The van der Waals surface area contributed by atoms with Crippen LogP contribution in [-0.2, 0) is 0 Å². The van der Waals surface area contributed by atoms with E-state index in [1.807, 2.05) is 20.8 Å². The highest BCUT2D eigenvalue weighted by molar-refractivity contribution is 7.27. The first-order chi connectivity index (χ1) is 6.34. The molecule has 3 heteroatoms. The number of aromatic hydroxyl groups is 1. The van der Waals surface area contributed by atoms with Gasteiger partial charge < -0.3 is 5.11 Å². The number of rotatable bonds is 1. The Labute approximate surface area is 86.5 Å². The zero-order valence-corrected chi connectivity index (χ0v) is 9.82. The zero-order valence-electron chi connectivity index (χ0n) is 8.66. The molecule has 1 aromatic rings. The summed E-state index contributed by atoms with van der Waals surface area (Å²) in [4.78, 5) is 11.9. The summed E-state index contributed by atoms with van der Waals surface area (Å²) >= 11 is 0. The zero-order chi connectivity index (χ0) is 10.9. The Bertz CT molecular complexity index is 344. The van der Waals surface area contributed by atoms with E-state index in [4.69, 9.17) is 0 Å². The monoisotopic (exact) mass is 210 g/mol. The molecule has 0 saturated heterocycles. The molecule has 0 saturated carbocycles. The van der Waals surface area contributed by atoms with Gasteiger partial charge in [-0.05, 0) is 11.4 Å². The van der Waals surface area contributed by atoms with Crippen LogP contribution in [0, 0.1) is 5.41 Å². The first kappa shape index (κ1) is 11.2. The van der Waals surface area contributed by atoms with Gasteiger partial charge in [0, 0.05) is 5.41 Å². The van der Waals surface area contributed by atoms with E-state index in [2.05, 4.69) is 9.24 Å². The molecule has 0 aromatic heterocycles. The van der Waals surface area contributed by atoms with Gasteiger partial charge in [0.1, 0.15) is 5.75 Å². The SMILES string of the molecule is CC(C)(C)C(=O)c1c(O)cccc1P. The largest absolute Gasteiger partial charge is 0.507 e. The Balaban J connectivity index is 3.26. The Morgan fingerprint density at radius 3 is 2.36 bits per heavy atom. The van der Waals surface area contributed by atoms with Gasteiger partial charge in [-0.25, -0.2) is 0 Å². The minimum Gasteiger partial charge on any atom is -0.507 e. The number of hydrogen-bond acceptors (Lipinski definition) is 2. The number of hydrogen-bond donors (Lipinski definition) is 1. The molecule has 0 heterocycles. The molecular formula is C11H15O2P. The minimum absolute atomic E-state index is 0.0411. The number of phenolic OH excluding ortho intramolecular Hbond substituents is 1. The lowest BCUT2D eigenvalue weighted by Gasteiger charge is -2.18. The van der Waals surface area contributed by atoms with Crippen LogP contribution in [0.5, 0.6) is 5.75 Å². The molecule has 0 aliphatic carbocycles. The highest BCUT2D eigenvalue weighted by atomic mass is 31.0. The predicted molar refractivity (Wildman–Crippen MR) is 61.2 cm³/mol. The van der Waals surface area contributed by atoms with E-state index in [1.165, 1.54) is 6.07 Å². The molecule has 76 valence electrons. The van der Waals surface area contributed by atoms with Crippen LogP contribution in [-0.4, -0.2) is 10.9 Å². The minimum atomic E-state index is -0.468. The van der Waals surface area contributed by atoms with E-state index in [-0.39, 0.29) is 11.5 Å². The molecule has 0 amide bonds. The fraction of sp³-hybridized carbons (Fsp3) is 0.364. The first-order valence-electron chi connectivity index (χ1n) is 4.46. The van der Waals surface area contributed by atoms with Crippen molar-refractivity contribution in [1.82, 2.24) is 0 Å². The van der Waals surface area contributed by atoms with Crippen molar-refractivity contribution in [3.05, 3.63) is 23.8 Å². The second-order valence-electron chi connectivity index (χ2n) is 4.32. The molecule has 0 bridgehead atoms. The topological polar surface area (TPSA) is 37.3 Å². The van der Waals surface area contributed by atoms with Gasteiger partial charge in [0.05, 0.1) is 5.56 Å². The van der Waals surface area contributed by atoms with Crippen LogP contribution in [0.15, 0.2) is 18.2 Å². The lowest BCUT2D eigenvalue weighted by molar-refractivity contribution is 0.0857. The highest BCUT2D eigenvalue weighted by Gasteiger charge is 2.26. The van der Waals surface area contributed by atoms with Crippen LogP contribution in [0.1, 0.15) is 31.1 Å². The third-order valence-corrected chi connectivity index (χ3v) is 2.46. The Morgan fingerprint density at radius 1 is 1.36 bits per heavy atom. The van der Waals surface area contributed by atoms with E-state index in [9.17, 15) is 9.90 Å². The molecular weight excluding hydrogens is 195 g/mol. The van der Waals surface area contributed by atoms with Crippen molar-refractivity contribution in [3.8, 4) is 5.75 Å². The fourth-order valence-corrected chi connectivity index (χ4v) is 1.57. The summed E-state index contributed by atoms with van der Waals surface area (Å²) in [5, 5.41) is 10.3. The van der Waals surface area contributed by atoms with Crippen molar-refractivity contribution in [2.24, 2.45) is 5.41 Å². The van der Waals surface area contributed by atoms with Crippen LogP contribution in [0.4, 0.5) is 0 Å². The van der Waals surface area contributed by atoms with Crippen LogP contribution in [0.2, 0.25) is 0 Å². The molecule has 1 atom stereocenters. The summed E-state index contributed by atoms with van der Waals surface area (Å²) in [5.74, 6) is 0.0121. The molecule has 1 aromatic carbocycles. The van der Waals surface area contributed by atoms with Gasteiger partial charge in [-0.2, -0.15) is 0 Å². The van der Waals surface area contributed by atoms with E-state index in [0.29, 0.717) is 5.56 Å². The van der Waals surface area contributed by atoms with Gasteiger partial charge in [-0.3, -0.25) is 4.79 Å². The molecule has 2 nitrogen and oxygen atoms in total. The van der Waals surface area contributed by atoms with E-state index >= 15 is 0 Å². The number of carbonyl (C=O) groups excluding carboxylic acids is 1. The van der Waals surface area contributed by atoms with Gasteiger partial charge in [0.15, 0.2) is 5.78 Å². The molecule has 1 unspecified atom stereocenters. The lowest BCUT2D eigenvalue weighted by Crippen LogP contribution is -2.24. The molecule has 0 aliphatic rings. The summed E-state index contributed by atoms with van der Waals surface area (Å²) in [6.07, 6.45) is 0. The number of phenols is 1. The summed E-state index contributed by atoms with van der Waals surface area (Å²) in [7, 11) is 2.47. The lowest BCUT2D eigenvalue weighted by atomic mass is 9.86. The van der Waals surface area contributed by atoms with Crippen LogP contribution >= 0.6 is 9.24 Å². The molecule has 0 fully saturated rings. The standard InChI is InChI=1S/C11H15O2P/c1-11(2,3)10(13)9-7(12)5-4-6-8(9)14/h4-6,12H,14H2,1-3H3. The maximum atomic E-state index is 11.9. The van der Waals surface area contributed by atoms with Gasteiger partial charge in [-0.1, -0.05) is 32.9 Å². The first-order valence-corrected chi connectivity index (χ1v) is 5.04. The quantitative estimate of drug-likeness (QED) is 0.569. The number of carbonyl (C=O) groups is 1. The average Bonchev–Trinajstić information content (AvgIpc) is 2.01. The molecule has 0 radical (unpaired) electrons. The Morgan fingerprint density at radius 2 is 1.93 bits per heavy atom. The van der Waals surface area contributed by atoms with Crippen LogP contribution < -0.4 is 5.30 Å². The average molecular weight is 210 g/mol. The second-order valence-corrected chi connectivity index (χ2v) is 4.94. The van der Waals surface area contributed by atoms with Crippen molar-refractivity contribution in [1.29, 1.82) is 0 Å². The predicted octanol–water partition coefficient (Wildman–Crippen LogP) is 2.12. The van der Waals surface area contributed by atoms with Crippen molar-refractivity contribution in [2.45, 2.75) is 20.8 Å². The van der Waals surface area contributed by atoms with Crippen molar-refractivity contribution in [3.63, 3.8) is 0 Å². The molecule has 0 aliphatic heterocycles. The van der Waals surface area contributed by atoms with Crippen molar-refractivity contribution in [2.75, 3.05) is 0 Å². The Hall–Kier alpha value is -0.880. The fourth-order valence-electron chi connectivity index (χ4n) is 1.18. The van der Waals surface area contributed by atoms with Crippen molar-refractivity contribution < 1.29 is 9.90 Å². The third kappa shape index (κ3) is 2.13. The second kappa shape index (κ2) is 3.70. The number of ketones is 1. The molecule has 1 rings (SSSR count). The summed E-state index contributed by atoms with van der Waals surface area (Å²) in [6.45, 7) is 5.52.